The van der Waals surface area contributed by atoms with Crippen molar-refractivity contribution in [2.45, 2.75) is 39.5 Å². The maximum Gasteiger partial charge on any atom is 0.251 e. The standard InChI is InChI=1S/C16H21NO2/c1-5-12(2)15(18)17-14(11-19-16(17,3)4)13-9-7-6-8-10-13/h5-10,14H,11H2,1-4H3/b12-5+/t14-/m1/s1. The average molecular weight is 259 g/mol. The van der Waals surface area contributed by atoms with Crippen LogP contribution in [-0.4, -0.2) is 23.1 Å². The van der Waals surface area contributed by atoms with Gasteiger partial charge in [-0.1, -0.05) is 36.4 Å². The third kappa shape index (κ3) is 2.56. The van der Waals surface area contributed by atoms with Crippen LogP contribution in [0, 0.1) is 0 Å². The summed E-state index contributed by atoms with van der Waals surface area (Å²) in [5, 5.41) is 0. The molecule has 0 aliphatic carbocycles. The molecule has 0 N–H and O–H groups in total. The molecule has 1 aliphatic rings. The number of carbonyl (C=O) groups excluding carboxylic acids is 1. The van der Waals surface area contributed by atoms with Gasteiger partial charge in [-0.25, -0.2) is 0 Å². The van der Waals surface area contributed by atoms with E-state index < -0.39 is 5.72 Å². The molecule has 1 heterocycles. The predicted octanol–water partition coefficient (Wildman–Crippen LogP) is 3.29. The van der Waals surface area contributed by atoms with E-state index in [-0.39, 0.29) is 11.9 Å². The lowest BCUT2D eigenvalue weighted by molar-refractivity contribution is -0.141. The zero-order chi connectivity index (χ0) is 14.0. The van der Waals surface area contributed by atoms with E-state index in [2.05, 4.69) is 0 Å². The molecule has 1 atom stereocenters. The highest BCUT2D eigenvalue weighted by Crippen LogP contribution is 2.37. The van der Waals surface area contributed by atoms with Crippen LogP contribution in [0.25, 0.3) is 0 Å². The van der Waals surface area contributed by atoms with E-state index in [1.165, 1.54) is 0 Å². The van der Waals surface area contributed by atoms with E-state index in [1.54, 1.807) is 0 Å². The third-order valence-corrected chi connectivity index (χ3v) is 3.66. The van der Waals surface area contributed by atoms with Crippen LogP contribution >= 0.6 is 0 Å². The second kappa shape index (κ2) is 5.17. The Morgan fingerprint density at radius 2 is 2.00 bits per heavy atom. The summed E-state index contributed by atoms with van der Waals surface area (Å²) in [6, 6.07) is 10.0. The number of rotatable bonds is 2. The van der Waals surface area contributed by atoms with Crippen LogP contribution in [0.1, 0.15) is 39.3 Å². The van der Waals surface area contributed by atoms with Gasteiger partial charge in [-0.2, -0.15) is 0 Å². The van der Waals surface area contributed by atoms with Crippen LogP contribution in [0.4, 0.5) is 0 Å². The van der Waals surface area contributed by atoms with Crippen molar-refractivity contribution in [2.24, 2.45) is 0 Å². The van der Waals surface area contributed by atoms with Gasteiger partial charge in [-0.3, -0.25) is 4.79 Å². The van der Waals surface area contributed by atoms with Crippen LogP contribution in [-0.2, 0) is 9.53 Å². The van der Waals surface area contributed by atoms with Crippen molar-refractivity contribution in [3.8, 4) is 0 Å². The lowest BCUT2D eigenvalue weighted by Crippen LogP contribution is -2.45. The van der Waals surface area contributed by atoms with E-state index >= 15 is 0 Å². The van der Waals surface area contributed by atoms with Gasteiger partial charge in [0.15, 0.2) is 0 Å². The summed E-state index contributed by atoms with van der Waals surface area (Å²) < 4.78 is 5.81. The van der Waals surface area contributed by atoms with E-state index in [0.29, 0.717) is 6.61 Å². The quantitative estimate of drug-likeness (QED) is 0.763. The number of benzene rings is 1. The third-order valence-electron chi connectivity index (χ3n) is 3.66. The summed E-state index contributed by atoms with van der Waals surface area (Å²) in [4.78, 5) is 14.4. The summed E-state index contributed by atoms with van der Waals surface area (Å²) >= 11 is 0. The number of nitrogens with zero attached hydrogens (tertiary/aromatic N) is 1. The molecule has 1 saturated heterocycles. The van der Waals surface area contributed by atoms with Gasteiger partial charge in [0.25, 0.3) is 5.91 Å². The molecular formula is C16H21NO2. The Balaban J connectivity index is 2.37. The van der Waals surface area contributed by atoms with E-state index in [1.807, 2.05) is 69.0 Å². The van der Waals surface area contributed by atoms with E-state index in [0.717, 1.165) is 11.1 Å². The van der Waals surface area contributed by atoms with Crippen LogP contribution in [0.2, 0.25) is 0 Å². The first-order chi connectivity index (χ1) is 8.97. The minimum Gasteiger partial charge on any atom is -0.354 e. The second-order valence-electron chi connectivity index (χ2n) is 5.33. The van der Waals surface area contributed by atoms with Gasteiger partial charge in [0.2, 0.25) is 0 Å². The largest absolute Gasteiger partial charge is 0.354 e. The molecule has 0 unspecified atom stereocenters. The average Bonchev–Trinajstić information content (AvgIpc) is 2.73. The van der Waals surface area contributed by atoms with Gasteiger partial charge in [0.05, 0.1) is 12.6 Å². The van der Waals surface area contributed by atoms with Crippen molar-refractivity contribution in [3.05, 3.63) is 47.5 Å². The Kier molecular flexibility index (Phi) is 3.76. The maximum absolute atomic E-state index is 12.6. The molecular weight excluding hydrogens is 238 g/mol. The van der Waals surface area contributed by atoms with Gasteiger partial charge in [-0.05, 0) is 33.3 Å². The number of hydrogen-bond acceptors (Lipinski definition) is 2. The highest BCUT2D eigenvalue weighted by molar-refractivity contribution is 5.93. The minimum atomic E-state index is -0.568. The molecule has 1 aromatic carbocycles. The Morgan fingerprint density at radius 3 is 2.58 bits per heavy atom. The van der Waals surface area contributed by atoms with Crippen LogP contribution in [0.3, 0.4) is 0 Å². The predicted molar refractivity (Wildman–Crippen MR) is 75.5 cm³/mol. The highest BCUT2D eigenvalue weighted by atomic mass is 16.5. The molecule has 3 heteroatoms. The van der Waals surface area contributed by atoms with Gasteiger partial charge >= 0.3 is 0 Å². The van der Waals surface area contributed by atoms with E-state index in [9.17, 15) is 4.79 Å². The first-order valence-corrected chi connectivity index (χ1v) is 6.63. The van der Waals surface area contributed by atoms with Gasteiger partial charge in [0, 0.05) is 5.57 Å². The van der Waals surface area contributed by atoms with Crippen molar-refractivity contribution in [1.82, 2.24) is 4.90 Å². The molecule has 1 amide bonds. The summed E-state index contributed by atoms with van der Waals surface area (Å²) in [5.41, 5.74) is 1.30. The number of carbonyl (C=O) groups is 1. The molecule has 1 aromatic rings. The van der Waals surface area contributed by atoms with Crippen molar-refractivity contribution >= 4 is 5.91 Å². The van der Waals surface area contributed by atoms with Crippen molar-refractivity contribution in [2.75, 3.05) is 6.61 Å². The molecule has 1 fully saturated rings. The van der Waals surface area contributed by atoms with Crippen molar-refractivity contribution in [1.29, 1.82) is 0 Å². The molecule has 1 aliphatic heterocycles. The number of hydrogen-bond donors (Lipinski definition) is 0. The first kappa shape index (κ1) is 13.8. The van der Waals surface area contributed by atoms with Crippen LogP contribution in [0.5, 0.6) is 0 Å². The highest BCUT2D eigenvalue weighted by Gasteiger charge is 2.44. The normalized spacial score (nSPS) is 22.6. The molecule has 0 aromatic heterocycles. The molecule has 0 radical (unpaired) electrons. The Morgan fingerprint density at radius 1 is 1.37 bits per heavy atom. The first-order valence-electron chi connectivity index (χ1n) is 6.63. The van der Waals surface area contributed by atoms with Gasteiger partial charge in [0.1, 0.15) is 5.72 Å². The Labute approximate surface area is 114 Å². The van der Waals surface area contributed by atoms with Gasteiger partial charge < -0.3 is 9.64 Å². The smallest absolute Gasteiger partial charge is 0.251 e. The Bertz CT molecular complexity index is 491. The fourth-order valence-electron chi connectivity index (χ4n) is 2.42. The number of amides is 1. The summed E-state index contributed by atoms with van der Waals surface area (Å²) in [7, 11) is 0. The summed E-state index contributed by atoms with van der Waals surface area (Å²) in [5.74, 6) is 0.0406. The number of allylic oxidation sites excluding steroid dienone is 1. The molecule has 3 nitrogen and oxygen atoms in total. The molecule has 0 spiro atoms. The fourth-order valence-corrected chi connectivity index (χ4v) is 2.42. The molecule has 0 saturated carbocycles. The van der Waals surface area contributed by atoms with E-state index in [4.69, 9.17) is 4.74 Å². The number of ether oxygens (including phenoxy) is 1. The monoisotopic (exact) mass is 259 g/mol. The summed E-state index contributed by atoms with van der Waals surface area (Å²) in [6.07, 6.45) is 1.85. The fraction of sp³-hybridized carbons (Fsp3) is 0.438. The summed E-state index contributed by atoms with van der Waals surface area (Å²) in [6.45, 7) is 8.15. The molecule has 0 bridgehead atoms. The van der Waals surface area contributed by atoms with Crippen molar-refractivity contribution in [3.63, 3.8) is 0 Å². The molecule has 2 rings (SSSR count). The molecule has 19 heavy (non-hydrogen) atoms. The van der Waals surface area contributed by atoms with Crippen LogP contribution < -0.4 is 0 Å². The SMILES string of the molecule is C/C=C(\C)C(=O)N1[C@@H](c2ccccc2)COC1(C)C. The minimum absolute atomic E-state index is 0.0152. The zero-order valence-corrected chi connectivity index (χ0v) is 12.0. The van der Waals surface area contributed by atoms with Gasteiger partial charge in [-0.15, -0.1) is 0 Å². The van der Waals surface area contributed by atoms with Crippen molar-refractivity contribution < 1.29 is 9.53 Å². The maximum atomic E-state index is 12.6. The second-order valence-corrected chi connectivity index (χ2v) is 5.33. The topological polar surface area (TPSA) is 29.5 Å². The zero-order valence-electron chi connectivity index (χ0n) is 12.0. The lowest BCUT2D eigenvalue weighted by atomic mass is 10.0. The molecule has 102 valence electrons. The Hall–Kier alpha value is -1.61. The van der Waals surface area contributed by atoms with Crippen LogP contribution in [0.15, 0.2) is 42.0 Å². The lowest BCUT2D eigenvalue weighted by Gasteiger charge is -2.34.